The van der Waals surface area contributed by atoms with Crippen LogP contribution < -0.4 is 0 Å². The lowest BCUT2D eigenvalue weighted by molar-refractivity contribution is 0.764. The third kappa shape index (κ3) is 5.69. The monoisotopic (exact) mass is 777 g/mol. The lowest BCUT2D eigenvalue weighted by atomic mass is 9.70. The van der Waals surface area contributed by atoms with Crippen molar-refractivity contribution < 1.29 is 0 Å². The van der Waals surface area contributed by atoms with Gasteiger partial charge in [-0.05, 0) is 109 Å². The molecule has 0 fully saturated rings. The van der Waals surface area contributed by atoms with Gasteiger partial charge in [-0.15, -0.1) is 0 Å². The molecule has 0 amide bonds. The summed E-state index contributed by atoms with van der Waals surface area (Å²) in [6.45, 7) is 0. The Kier molecular flexibility index (Phi) is 8.21. The number of allylic oxidation sites excluding steroid dienone is 4. The summed E-state index contributed by atoms with van der Waals surface area (Å²) in [6.07, 6.45) is 9.39. The molecule has 3 heteroatoms. The molecule has 12 rings (SSSR count). The van der Waals surface area contributed by atoms with Crippen molar-refractivity contribution in [1.29, 1.82) is 0 Å². The largest absolute Gasteiger partial charge is 0.212 e. The highest BCUT2D eigenvalue weighted by Gasteiger charge is 2.51. The van der Waals surface area contributed by atoms with Crippen molar-refractivity contribution in [1.82, 2.24) is 15.0 Å². The summed E-state index contributed by atoms with van der Waals surface area (Å²) in [4.78, 5) is 15.1. The van der Waals surface area contributed by atoms with E-state index < -0.39 is 5.41 Å². The Bertz CT molecular complexity index is 3220. The van der Waals surface area contributed by atoms with E-state index in [1.807, 2.05) is 18.2 Å². The number of fused-ring (bicyclic) bond motifs is 10. The molecule has 1 heterocycles. The molecule has 0 saturated carbocycles. The highest BCUT2D eigenvalue weighted by atomic mass is 15.0. The second kappa shape index (κ2) is 14.2. The maximum absolute atomic E-state index is 5.09. The third-order valence-corrected chi connectivity index (χ3v) is 12.8. The molecule has 0 radical (unpaired) electrons. The van der Waals surface area contributed by atoms with Gasteiger partial charge >= 0.3 is 0 Å². The van der Waals surface area contributed by atoms with Gasteiger partial charge in [-0.25, -0.2) is 15.0 Å². The van der Waals surface area contributed by atoms with Crippen molar-refractivity contribution in [3.8, 4) is 78.4 Å². The summed E-state index contributed by atoms with van der Waals surface area (Å²) in [5.74, 6) is 2.26. The van der Waals surface area contributed by atoms with Gasteiger partial charge in [-0.2, -0.15) is 0 Å². The van der Waals surface area contributed by atoms with Gasteiger partial charge in [-0.1, -0.05) is 194 Å². The number of benzene rings is 8. The number of aromatic nitrogens is 3. The van der Waals surface area contributed by atoms with Crippen LogP contribution in [-0.2, 0) is 5.41 Å². The molecule has 8 aromatic carbocycles. The summed E-state index contributed by atoms with van der Waals surface area (Å²) < 4.78 is 0. The van der Waals surface area contributed by atoms with E-state index in [2.05, 4.69) is 200 Å². The fourth-order valence-electron chi connectivity index (χ4n) is 10.0. The third-order valence-electron chi connectivity index (χ3n) is 12.8. The second-order valence-corrected chi connectivity index (χ2v) is 16.3. The zero-order valence-corrected chi connectivity index (χ0v) is 33.4. The molecule has 286 valence electrons. The maximum atomic E-state index is 5.09. The van der Waals surface area contributed by atoms with Crippen LogP contribution >= 0.6 is 0 Å². The van der Waals surface area contributed by atoms with Crippen LogP contribution in [0.3, 0.4) is 0 Å². The number of nitrogens with zero attached hydrogens (tertiary/aromatic N) is 3. The normalized spacial score (nSPS) is 16.6. The molecule has 3 aliphatic rings. The lowest BCUT2D eigenvalue weighted by Gasteiger charge is -2.31. The molecule has 9 aromatic rings. The van der Waals surface area contributed by atoms with Gasteiger partial charge in [0.25, 0.3) is 0 Å². The average Bonchev–Trinajstić information content (AvgIpc) is 3.81. The Labute approximate surface area is 356 Å². The van der Waals surface area contributed by atoms with Crippen molar-refractivity contribution >= 4 is 0 Å². The van der Waals surface area contributed by atoms with Gasteiger partial charge in [0.1, 0.15) is 5.82 Å². The predicted molar refractivity (Wildman–Crippen MR) is 249 cm³/mol. The Morgan fingerprint density at radius 2 is 0.803 bits per heavy atom. The predicted octanol–water partition coefficient (Wildman–Crippen LogP) is 14.1. The molecule has 3 aliphatic carbocycles. The number of hydrogen-bond donors (Lipinski definition) is 0. The van der Waals surface area contributed by atoms with E-state index in [4.69, 9.17) is 15.0 Å². The molecule has 2 unspecified atom stereocenters. The van der Waals surface area contributed by atoms with Crippen molar-refractivity contribution in [3.63, 3.8) is 0 Å². The van der Waals surface area contributed by atoms with E-state index in [9.17, 15) is 0 Å². The van der Waals surface area contributed by atoms with Crippen LogP contribution in [0.15, 0.2) is 218 Å². The summed E-state index contributed by atoms with van der Waals surface area (Å²) in [6, 6.07) is 70.8. The molecule has 0 aliphatic heterocycles. The summed E-state index contributed by atoms with van der Waals surface area (Å²) >= 11 is 0. The zero-order valence-electron chi connectivity index (χ0n) is 33.4. The molecule has 1 spiro atoms. The van der Waals surface area contributed by atoms with Crippen LogP contribution in [0.1, 0.15) is 40.4 Å². The quantitative estimate of drug-likeness (QED) is 0.169. The first-order valence-electron chi connectivity index (χ1n) is 21.1. The Balaban J connectivity index is 0.975. The Morgan fingerprint density at radius 3 is 1.39 bits per heavy atom. The molecule has 0 N–H and O–H groups in total. The topological polar surface area (TPSA) is 38.7 Å². The molecule has 0 bridgehead atoms. The van der Waals surface area contributed by atoms with Crippen LogP contribution in [0.4, 0.5) is 0 Å². The van der Waals surface area contributed by atoms with Crippen molar-refractivity contribution in [2.75, 3.05) is 0 Å². The molecule has 2 atom stereocenters. The minimum Gasteiger partial charge on any atom is -0.212 e. The van der Waals surface area contributed by atoms with Gasteiger partial charge in [-0.3, -0.25) is 0 Å². The first-order chi connectivity index (χ1) is 30.2. The molecular weight excluding hydrogens is 739 g/mol. The van der Waals surface area contributed by atoms with E-state index in [0.717, 1.165) is 34.5 Å². The maximum Gasteiger partial charge on any atom is 0.163 e. The van der Waals surface area contributed by atoms with E-state index in [1.165, 1.54) is 66.8 Å². The smallest absolute Gasteiger partial charge is 0.163 e. The Hall–Kier alpha value is -7.75. The van der Waals surface area contributed by atoms with Crippen LogP contribution in [0.5, 0.6) is 0 Å². The van der Waals surface area contributed by atoms with E-state index in [0.29, 0.717) is 11.6 Å². The first-order valence-corrected chi connectivity index (χ1v) is 21.1. The summed E-state index contributed by atoms with van der Waals surface area (Å²) in [5.41, 5.74) is 19.1. The van der Waals surface area contributed by atoms with E-state index in [1.54, 1.807) is 0 Å². The molecule has 0 saturated heterocycles. The van der Waals surface area contributed by atoms with Crippen molar-refractivity contribution in [2.45, 2.75) is 17.8 Å². The summed E-state index contributed by atoms with van der Waals surface area (Å²) in [7, 11) is 0. The van der Waals surface area contributed by atoms with Crippen LogP contribution in [0, 0.1) is 0 Å². The van der Waals surface area contributed by atoms with E-state index in [-0.39, 0.29) is 5.92 Å². The summed E-state index contributed by atoms with van der Waals surface area (Å²) in [5, 5.41) is 0. The average molecular weight is 778 g/mol. The lowest BCUT2D eigenvalue weighted by Crippen LogP contribution is -2.26. The Morgan fingerprint density at radius 1 is 0.344 bits per heavy atom. The molecule has 61 heavy (non-hydrogen) atoms. The number of rotatable bonds is 6. The SMILES string of the molecule is C1=CCC(c2nc(-c3ccccc3)nc(-c3cccc(-c4cccc(-c5ccc6c(c5)C5(c7ccccc7-c7ccc(-c8ccccc8)cc75)c5ccccc5-6)c4)c3)n2)C=C1. The van der Waals surface area contributed by atoms with Crippen molar-refractivity contribution in [3.05, 3.63) is 247 Å². The van der Waals surface area contributed by atoms with Gasteiger partial charge in [0.15, 0.2) is 11.6 Å². The first kappa shape index (κ1) is 35.2. The minimum absolute atomic E-state index is 0.102. The van der Waals surface area contributed by atoms with Crippen LogP contribution in [0.2, 0.25) is 0 Å². The van der Waals surface area contributed by atoms with Gasteiger partial charge in [0.05, 0.1) is 5.41 Å². The van der Waals surface area contributed by atoms with Gasteiger partial charge in [0.2, 0.25) is 0 Å². The molecular formula is C58H39N3. The highest BCUT2D eigenvalue weighted by Crippen LogP contribution is 2.63. The fourth-order valence-corrected chi connectivity index (χ4v) is 10.0. The van der Waals surface area contributed by atoms with Gasteiger partial charge < -0.3 is 0 Å². The second-order valence-electron chi connectivity index (χ2n) is 16.3. The van der Waals surface area contributed by atoms with Crippen LogP contribution in [0.25, 0.3) is 78.4 Å². The minimum atomic E-state index is -0.448. The fraction of sp³-hybridized carbons (Fsp3) is 0.0517. The number of hydrogen-bond acceptors (Lipinski definition) is 3. The highest BCUT2D eigenvalue weighted by molar-refractivity contribution is 5.97. The van der Waals surface area contributed by atoms with E-state index >= 15 is 0 Å². The van der Waals surface area contributed by atoms with Crippen molar-refractivity contribution in [2.24, 2.45) is 0 Å². The molecule has 1 aromatic heterocycles. The molecule has 3 nitrogen and oxygen atoms in total. The standard InChI is InChI=1S/C58H39N3/c1-4-16-38(17-5-1)44-30-32-49-47-26-10-12-28-51(47)58(53(49)36-44)52-29-13-11-27-48(52)50-33-31-45(37-54(50)58)42-23-14-22-41(34-42)43-24-15-25-46(35-43)57-60-55(39-18-6-2-7-19-39)59-56(61-57)40-20-8-3-9-21-40/h1-20,22-37,40H,21H2. The zero-order chi connectivity index (χ0) is 40.3. The van der Waals surface area contributed by atoms with Gasteiger partial charge in [0, 0.05) is 17.0 Å². The van der Waals surface area contributed by atoms with Crippen LogP contribution in [-0.4, -0.2) is 15.0 Å².